The Hall–Kier alpha value is -2.17. The summed E-state index contributed by atoms with van der Waals surface area (Å²) in [6.45, 7) is 3.92. The predicted octanol–water partition coefficient (Wildman–Crippen LogP) is 3.87. The lowest BCUT2D eigenvalue weighted by molar-refractivity contribution is -0.257. The maximum absolute atomic E-state index is 12.6. The molecule has 0 atom stereocenters. The number of hydrogen-bond donors (Lipinski definition) is 1. The molecule has 4 heteroatoms. The van der Waals surface area contributed by atoms with Crippen molar-refractivity contribution in [3.8, 4) is 0 Å². The largest absolute Gasteiger partial charge is 0.356 e. The van der Waals surface area contributed by atoms with E-state index in [0.29, 0.717) is 32.6 Å². The number of amides is 1. The van der Waals surface area contributed by atoms with Crippen LogP contribution in [0.1, 0.15) is 43.2 Å². The quantitative estimate of drug-likeness (QED) is 0.822. The van der Waals surface area contributed by atoms with Gasteiger partial charge in [0.25, 0.3) is 0 Å². The van der Waals surface area contributed by atoms with Gasteiger partial charge in [0.15, 0.2) is 5.79 Å². The summed E-state index contributed by atoms with van der Waals surface area (Å²) in [7, 11) is 0. The van der Waals surface area contributed by atoms with Crippen LogP contribution in [-0.2, 0) is 14.3 Å². The van der Waals surface area contributed by atoms with E-state index in [0.717, 1.165) is 17.5 Å². The van der Waals surface area contributed by atoms with E-state index in [4.69, 9.17) is 9.47 Å². The minimum Gasteiger partial charge on any atom is -0.356 e. The molecule has 0 saturated carbocycles. The van der Waals surface area contributed by atoms with Gasteiger partial charge in [-0.2, -0.15) is 0 Å². The van der Waals surface area contributed by atoms with Crippen LogP contribution in [0, 0.1) is 0 Å². The summed E-state index contributed by atoms with van der Waals surface area (Å²) in [5.74, 6) is -0.485. The van der Waals surface area contributed by atoms with E-state index in [2.05, 4.69) is 29.6 Å². The Morgan fingerprint density at radius 3 is 2.08 bits per heavy atom. The Kier molecular flexibility index (Phi) is 6.42. The van der Waals surface area contributed by atoms with Gasteiger partial charge in [-0.15, -0.1) is 0 Å². The molecule has 26 heavy (non-hydrogen) atoms. The van der Waals surface area contributed by atoms with Gasteiger partial charge in [0.05, 0.1) is 13.2 Å². The third-order valence-corrected chi connectivity index (χ3v) is 4.80. The van der Waals surface area contributed by atoms with Crippen molar-refractivity contribution in [2.75, 3.05) is 19.8 Å². The summed E-state index contributed by atoms with van der Waals surface area (Å²) >= 11 is 0. The van der Waals surface area contributed by atoms with E-state index in [1.165, 1.54) is 0 Å². The smallest absolute Gasteiger partial charge is 0.220 e. The Balaban J connectivity index is 1.59. The lowest BCUT2D eigenvalue weighted by Gasteiger charge is -2.34. The fraction of sp³-hybridized carbons (Fsp3) is 0.409. The van der Waals surface area contributed by atoms with Crippen molar-refractivity contribution in [2.45, 2.75) is 37.9 Å². The average Bonchev–Trinajstić information content (AvgIpc) is 2.68. The first-order chi connectivity index (χ1) is 12.7. The van der Waals surface area contributed by atoms with Crippen LogP contribution in [0.4, 0.5) is 0 Å². The van der Waals surface area contributed by atoms with Gasteiger partial charge in [-0.3, -0.25) is 4.79 Å². The van der Waals surface area contributed by atoms with Gasteiger partial charge in [0.1, 0.15) is 0 Å². The van der Waals surface area contributed by atoms with E-state index < -0.39 is 5.79 Å². The van der Waals surface area contributed by atoms with Crippen molar-refractivity contribution >= 4 is 5.91 Å². The van der Waals surface area contributed by atoms with E-state index in [-0.39, 0.29) is 11.8 Å². The molecule has 4 nitrogen and oxygen atoms in total. The number of rotatable bonds is 7. The molecular formula is C22H27NO3. The standard InChI is InChI=1S/C22H27NO3/c1-22(25-15-8-16-26-22)13-14-23-21(24)17-20(18-9-4-2-5-10-18)19-11-6-3-7-12-19/h2-7,9-12,20H,8,13-17H2,1H3,(H,23,24). The normalized spacial score (nSPS) is 16.4. The van der Waals surface area contributed by atoms with Gasteiger partial charge in [0.2, 0.25) is 5.91 Å². The first kappa shape index (κ1) is 18.6. The number of nitrogens with one attached hydrogen (secondary N) is 1. The molecule has 0 unspecified atom stereocenters. The number of hydrogen-bond acceptors (Lipinski definition) is 3. The van der Waals surface area contributed by atoms with Gasteiger partial charge >= 0.3 is 0 Å². The Bertz CT molecular complexity index is 642. The second-order valence-electron chi connectivity index (χ2n) is 6.86. The molecule has 1 N–H and O–H groups in total. The lowest BCUT2D eigenvalue weighted by atomic mass is 9.88. The fourth-order valence-corrected chi connectivity index (χ4v) is 3.31. The molecule has 2 aromatic carbocycles. The summed E-state index contributed by atoms with van der Waals surface area (Å²) < 4.78 is 11.4. The highest BCUT2D eigenvalue weighted by Crippen LogP contribution is 2.28. The van der Waals surface area contributed by atoms with Crippen molar-refractivity contribution in [2.24, 2.45) is 0 Å². The summed E-state index contributed by atoms with van der Waals surface area (Å²) in [6.07, 6.45) is 2.00. The van der Waals surface area contributed by atoms with Gasteiger partial charge in [0, 0.05) is 25.3 Å². The molecule has 1 heterocycles. The third-order valence-electron chi connectivity index (χ3n) is 4.80. The van der Waals surface area contributed by atoms with Crippen LogP contribution in [0.3, 0.4) is 0 Å². The Labute approximate surface area is 155 Å². The molecule has 0 radical (unpaired) electrons. The van der Waals surface area contributed by atoms with Crippen molar-refractivity contribution in [1.29, 1.82) is 0 Å². The highest BCUT2D eigenvalue weighted by Gasteiger charge is 2.28. The van der Waals surface area contributed by atoms with Crippen LogP contribution in [0.25, 0.3) is 0 Å². The third kappa shape index (κ3) is 5.16. The molecule has 0 aromatic heterocycles. The van der Waals surface area contributed by atoms with E-state index in [1.807, 2.05) is 43.3 Å². The van der Waals surface area contributed by atoms with Crippen LogP contribution >= 0.6 is 0 Å². The molecule has 0 aliphatic carbocycles. The van der Waals surface area contributed by atoms with Crippen molar-refractivity contribution in [1.82, 2.24) is 5.32 Å². The monoisotopic (exact) mass is 353 g/mol. The molecule has 0 bridgehead atoms. The zero-order valence-electron chi connectivity index (χ0n) is 15.3. The minimum atomic E-state index is -0.580. The minimum absolute atomic E-state index is 0.0436. The summed E-state index contributed by atoms with van der Waals surface area (Å²) in [5.41, 5.74) is 2.31. The topological polar surface area (TPSA) is 47.6 Å². The fourth-order valence-electron chi connectivity index (χ4n) is 3.31. The van der Waals surface area contributed by atoms with Gasteiger partial charge in [-0.1, -0.05) is 60.7 Å². The van der Waals surface area contributed by atoms with Crippen LogP contribution in [-0.4, -0.2) is 31.5 Å². The van der Waals surface area contributed by atoms with Crippen LogP contribution in [0.5, 0.6) is 0 Å². The van der Waals surface area contributed by atoms with Crippen LogP contribution in [0.15, 0.2) is 60.7 Å². The second-order valence-corrected chi connectivity index (χ2v) is 6.86. The van der Waals surface area contributed by atoms with Crippen LogP contribution < -0.4 is 5.32 Å². The molecular weight excluding hydrogens is 326 g/mol. The highest BCUT2D eigenvalue weighted by molar-refractivity contribution is 5.77. The molecule has 2 aromatic rings. The van der Waals surface area contributed by atoms with Gasteiger partial charge in [-0.05, 0) is 24.5 Å². The summed E-state index contributed by atoms with van der Waals surface area (Å²) in [4.78, 5) is 12.6. The maximum atomic E-state index is 12.6. The Morgan fingerprint density at radius 2 is 1.54 bits per heavy atom. The summed E-state index contributed by atoms with van der Waals surface area (Å²) in [6, 6.07) is 20.4. The van der Waals surface area contributed by atoms with E-state index >= 15 is 0 Å². The molecule has 3 rings (SSSR count). The summed E-state index contributed by atoms with van der Waals surface area (Å²) in [5, 5.41) is 3.03. The van der Waals surface area contributed by atoms with E-state index in [1.54, 1.807) is 0 Å². The maximum Gasteiger partial charge on any atom is 0.220 e. The zero-order valence-corrected chi connectivity index (χ0v) is 15.3. The zero-order chi connectivity index (χ0) is 18.2. The number of ether oxygens (including phenoxy) is 2. The highest BCUT2D eigenvalue weighted by atomic mass is 16.7. The SMILES string of the molecule is CC1(CCNC(=O)CC(c2ccccc2)c2ccccc2)OCCCO1. The molecule has 1 fully saturated rings. The molecule has 0 spiro atoms. The van der Waals surface area contributed by atoms with Gasteiger partial charge < -0.3 is 14.8 Å². The van der Waals surface area contributed by atoms with Gasteiger partial charge in [-0.25, -0.2) is 0 Å². The first-order valence-corrected chi connectivity index (χ1v) is 9.31. The number of benzene rings is 2. The molecule has 1 amide bonds. The Morgan fingerprint density at radius 1 is 1.00 bits per heavy atom. The lowest BCUT2D eigenvalue weighted by Crippen LogP contribution is -2.41. The molecule has 1 aliphatic heterocycles. The number of carbonyl (C=O) groups excluding carboxylic acids is 1. The molecule has 1 aliphatic rings. The average molecular weight is 353 g/mol. The van der Waals surface area contributed by atoms with Crippen molar-refractivity contribution in [3.05, 3.63) is 71.8 Å². The van der Waals surface area contributed by atoms with Crippen molar-refractivity contribution in [3.63, 3.8) is 0 Å². The second kappa shape index (κ2) is 8.97. The van der Waals surface area contributed by atoms with E-state index in [9.17, 15) is 4.79 Å². The molecule has 1 saturated heterocycles. The first-order valence-electron chi connectivity index (χ1n) is 9.31. The number of carbonyl (C=O) groups is 1. The van der Waals surface area contributed by atoms with Crippen molar-refractivity contribution < 1.29 is 14.3 Å². The predicted molar refractivity (Wildman–Crippen MR) is 102 cm³/mol. The molecule has 138 valence electrons. The van der Waals surface area contributed by atoms with Crippen LogP contribution in [0.2, 0.25) is 0 Å².